The highest BCUT2D eigenvalue weighted by atomic mass is 15.1. The van der Waals surface area contributed by atoms with E-state index in [4.69, 9.17) is 0 Å². The van der Waals surface area contributed by atoms with Gasteiger partial charge in [0.2, 0.25) is 0 Å². The minimum atomic E-state index is -0.391. The van der Waals surface area contributed by atoms with E-state index in [1.54, 1.807) is 0 Å². The van der Waals surface area contributed by atoms with Gasteiger partial charge in [-0.1, -0.05) is 26.7 Å². The number of likely N-dealkylation sites (tertiary alicyclic amines) is 1. The number of nitrogens with one attached hydrogen (secondary N) is 1. The SMILES string of the molecule is CCC1(CC)CCN(CCC(C)(C#N)NC(C)C)CC1. The summed E-state index contributed by atoms with van der Waals surface area (Å²) in [5.74, 6) is 0. The topological polar surface area (TPSA) is 39.1 Å². The van der Waals surface area contributed by atoms with Gasteiger partial charge in [-0.15, -0.1) is 0 Å². The smallest absolute Gasteiger partial charge is 0.105 e. The zero-order valence-electron chi connectivity index (χ0n) is 14.1. The van der Waals surface area contributed by atoms with Crippen LogP contribution in [0.3, 0.4) is 0 Å². The summed E-state index contributed by atoms with van der Waals surface area (Å²) in [6.07, 6.45) is 6.17. The van der Waals surface area contributed by atoms with E-state index in [1.807, 2.05) is 6.92 Å². The van der Waals surface area contributed by atoms with Crippen molar-refractivity contribution in [3.63, 3.8) is 0 Å². The number of nitriles is 1. The number of hydrogen-bond acceptors (Lipinski definition) is 3. The van der Waals surface area contributed by atoms with Crippen LogP contribution in [-0.4, -0.2) is 36.1 Å². The van der Waals surface area contributed by atoms with Gasteiger partial charge in [0, 0.05) is 12.6 Å². The first-order chi connectivity index (χ1) is 9.38. The average molecular weight is 279 g/mol. The second kappa shape index (κ2) is 7.43. The average Bonchev–Trinajstić information content (AvgIpc) is 2.45. The molecule has 3 nitrogen and oxygen atoms in total. The van der Waals surface area contributed by atoms with Gasteiger partial charge in [-0.05, 0) is 58.5 Å². The van der Waals surface area contributed by atoms with Crippen LogP contribution >= 0.6 is 0 Å². The predicted molar refractivity (Wildman–Crippen MR) is 85.6 cm³/mol. The molecule has 1 atom stereocenters. The summed E-state index contributed by atoms with van der Waals surface area (Å²) >= 11 is 0. The molecule has 0 aromatic rings. The summed E-state index contributed by atoms with van der Waals surface area (Å²) in [4.78, 5) is 2.54. The Morgan fingerprint density at radius 2 is 1.80 bits per heavy atom. The quantitative estimate of drug-likeness (QED) is 0.774. The van der Waals surface area contributed by atoms with Crippen LogP contribution in [-0.2, 0) is 0 Å². The van der Waals surface area contributed by atoms with Crippen molar-refractivity contribution >= 4 is 0 Å². The number of hydrogen-bond donors (Lipinski definition) is 1. The molecule has 0 aliphatic carbocycles. The standard InChI is InChI=1S/C17H33N3/c1-6-17(7-2)9-12-20(13-10-17)11-8-16(5,14-18)19-15(3)4/h15,19H,6-13H2,1-5H3. The number of rotatable bonds is 7. The van der Waals surface area contributed by atoms with Crippen molar-refractivity contribution in [1.29, 1.82) is 5.26 Å². The fourth-order valence-corrected chi connectivity index (χ4v) is 3.39. The van der Waals surface area contributed by atoms with Crippen LogP contribution in [0.15, 0.2) is 0 Å². The van der Waals surface area contributed by atoms with E-state index in [9.17, 15) is 5.26 Å². The van der Waals surface area contributed by atoms with Gasteiger partial charge in [0.15, 0.2) is 0 Å². The first-order valence-electron chi connectivity index (χ1n) is 8.30. The molecule has 0 spiro atoms. The van der Waals surface area contributed by atoms with Gasteiger partial charge in [-0.25, -0.2) is 0 Å². The number of nitrogens with zero attached hydrogens (tertiary/aromatic N) is 2. The molecule has 0 aromatic carbocycles. The molecule has 1 saturated heterocycles. The second-order valence-electron chi connectivity index (χ2n) is 7.04. The summed E-state index contributed by atoms with van der Waals surface area (Å²) in [5, 5.41) is 12.8. The normalized spacial score (nSPS) is 22.4. The highest BCUT2D eigenvalue weighted by Crippen LogP contribution is 2.37. The molecule has 0 saturated carbocycles. The van der Waals surface area contributed by atoms with Crippen LogP contribution in [0, 0.1) is 16.7 Å². The number of piperidine rings is 1. The predicted octanol–water partition coefficient (Wildman–Crippen LogP) is 3.56. The molecule has 116 valence electrons. The third-order valence-corrected chi connectivity index (χ3v) is 5.20. The molecule has 0 radical (unpaired) electrons. The van der Waals surface area contributed by atoms with Gasteiger partial charge in [-0.3, -0.25) is 5.32 Å². The minimum Gasteiger partial charge on any atom is -0.303 e. The van der Waals surface area contributed by atoms with Crippen LogP contribution in [0.2, 0.25) is 0 Å². The fourth-order valence-electron chi connectivity index (χ4n) is 3.39. The van der Waals surface area contributed by atoms with Gasteiger partial charge in [-0.2, -0.15) is 5.26 Å². The van der Waals surface area contributed by atoms with E-state index in [2.05, 4.69) is 44.0 Å². The van der Waals surface area contributed by atoms with Gasteiger partial charge < -0.3 is 4.90 Å². The van der Waals surface area contributed by atoms with Gasteiger partial charge in [0.1, 0.15) is 5.54 Å². The summed E-state index contributed by atoms with van der Waals surface area (Å²) in [6, 6.07) is 2.81. The molecule has 3 heteroatoms. The maximum atomic E-state index is 9.39. The Hall–Kier alpha value is -0.590. The van der Waals surface area contributed by atoms with Crippen molar-refractivity contribution in [1.82, 2.24) is 10.2 Å². The Labute approximate surface area is 125 Å². The van der Waals surface area contributed by atoms with E-state index in [0.717, 1.165) is 13.0 Å². The van der Waals surface area contributed by atoms with E-state index >= 15 is 0 Å². The van der Waals surface area contributed by atoms with Crippen molar-refractivity contribution in [3.8, 4) is 6.07 Å². The van der Waals surface area contributed by atoms with E-state index < -0.39 is 5.54 Å². The molecule has 1 aliphatic heterocycles. The Bertz CT molecular complexity index is 318. The molecule has 1 heterocycles. The van der Waals surface area contributed by atoms with Gasteiger partial charge >= 0.3 is 0 Å². The summed E-state index contributed by atoms with van der Waals surface area (Å²) < 4.78 is 0. The molecule has 1 fully saturated rings. The molecule has 0 bridgehead atoms. The van der Waals surface area contributed by atoms with Crippen LogP contribution < -0.4 is 5.32 Å². The molecule has 0 aromatic heterocycles. The lowest BCUT2D eigenvalue weighted by Crippen LogP contribution is -2.48. The van der Waals surface area contributed by atoms with Crippen LogP contribution in [0.5, 0.6) is 0 Å². The van der Waals surface area contributed by atoms with Crippen molar-refractivity contribution in [3.05, 3.63) is 0 Å². The molecule has 1 aliphatic rings. The van der Waals surface area contributed by atoms with Gasteiger partial charge in [0.05, 0.1) is 6.07 Å². The Kier molecular flexibility index (Phi) is 6.48. The van der Waals surface area contributed by atoms with E-state index in [-0.39, 0.29) is 0 Å². The monoisotopic (exact) mass is 279 g/mol. The largest absolute Gasteiger partial charge is 0.303 e. The molecule has 0 amide bonds. The third-order valence-electron chi connectivity index (χ3n) is 5.20. The van der Waals surface area contributed by atoms with Crippen LogP contribution in [0.4, 0.5) is 0 Å². The highest BCUT2D eigenvalue weighted by molar-refractivity contribution is 5.04. The van der Waals surface area contributed by atoms with Crippen molar-refractivity contribution in [2.75, 3.05) is 19.6 Å². The highest BCUT2D eigenvalue weighted by Gasteiger charge is 2.32. The molecule has 1 N–H and O–H groups in total. The Balaban J connectivity index is 2.43. The molecular weight excluding hydrogens is 246 g/mol. The zero-order valence-corrected chi connectivity index (χ0v) is 14.1. The Morgan fingerprint density at radius 1 is 1.25 bits per heavy atom. The van der Waals surface area contributed by atoms with E-state index in [1.165, 1.54) is 38.8 Å². The van der Waals surface area contributed by atoms with Crippen LogP contribution in [0.1, 0.15) is 66.7 Å². The maximum Gasteiger partial charge on any atom is 0.105 e. The molecular formula is C17H33N3. The minimum absolute atomic E-state index is 0.355. The first-order valence-corrected chi connectivity index (χ1v) is 8.30. The first kappa shape index (κ1) is 17.5. The maximum absolute atomic E-state index is 9.39. The lowest BCUT2D eigenvalue weighted by Gasteiger charge is -2.41. The fraction of sp³-hybridized carbons (Fsp3) is 0.941. The second-order valence-corrected chi connectivity index (χ2v) is 7.04. The third kappa shape index (κ3) is 4.75. The lowest BCUT2D eigenvalue weighted by atomic mass is 9.74. The summed E-state index contributed by atoms with van der Waals surface area (Å²) in [5.41, 5.74) is 0.198. The Morgan fingerprint density at radius 3 is 2.20 bits per heavy atom. The van der Waals surface area contributed by atoms with Gasteiger partial charge in [0.25, 0.3) is 0 Å². The summed E-state index contributed by atoms with van der Waals surface area (Å²) in [7, 11) is 0. The van der Waals surface area contributed by atoms with Crippen molar-refractivity contribution in [2.45, 2.75) is 78.3 Å². The summed E-state index contributed by atoms with van der Waals surface area (Å²) in [6.45, 7) is 14.3. The molecule has 20 heavy (non-hydrogen) atoms. The lowest BCUT2D eigenvalue weighted by molar-refractivity contribution is 0.0905. The molecule has 1 rings (SSSR count). The van der Waals surface area contributed by atoms with Crippen molar-refractivity contribution in [2.24, 2.45) is 5.41 Å². The van der Waals surface area contributed by atoms with Crippen molar-refractivity contribution < 1.29 is 0 Å². The zero-order chi connectivity index (χ0) is 15.2. The molecule has 1 unspecified atom stereocenters. The van der Waals surface area contributed by atoms with E-state index in [0.29, 0.717) is 11.5 Å². The van der Waals surface area contributed by atoms with Crippen LogP contribution in [0.25, 0.3) is 0 Å².